The summed E-state index contributed by atoms with van der Waals surface area (Å²) in [7, 11) is 0. The van der Waals surface area contributed by atoms with Gasteiger partial charge < -0.3 is 25.4 Å². The van der Waals surface area contributed by atoms with E-state index in [0.29, 0.717) is 16.3 Å². The molecular formula is C27H37F3N2O6S. The third-order valence-electron chi connectivity index (χ3n) is 7.83. The number of rotatable bonds is 3. The normalized spacial score (nSPS) is 34.6. The number of fused-ring (bicyclic) bond motifs is 1. The van der Waals surface area contributed by atoms with Gasteiger partial charge in [0.25, 0.3) is 0 Å². The number of aromatic nitrogens is 1. The van der Waals surface area contributed by atoms with Gasteiger partial charge in [-0.3, -0.25) is 9.59 Å². The van der Waals surface area contributed by atoms with Crippen LogP contribution >= 0.6 is 11.3 Å². The first-order valence-electron chi connectivity index (χ1n) is 12.9. The van der Waals surface area contributed by atoms with Crippen LogP contribution in [0.3, 0.4) is 0 Å². The maximum Gasteiger partial charge on any atom is 0.412 e. The van der Waals surface area contributed by atoms with Gasteiger partial charge in [-0.05, 0) is 30.9 Å². The molecule has 12 heteroatoms. The van der Waals surface area contributed by atoms with Gasteiger partial charge in [-0.1, -0.05) is 33.8 Å². The van der Waals surface area contributed by atoms with E-state index in [4.69, 9.17) is 4.74 Å². The number of ketones is 1. The van der Waals surface area contributed by atoms with Gasteiger partial charge in [-0.2, -0.15) is 13.2 Å². The highest BCUT2D eigenvalue weighted by Crippen LogP contribution is 2.38. The lowest BCUT2D eigenvalue weighted by Crippen LogP contribution is -2.46. The highest BCUT2D eigenvalue weighted by Gasteiger charge is 2.49. The Bertz CT molecular complexity index is 1120. The molecule has 0 amide bonds. The zero-order chi connectivity index (χ0) is 29.3. The number of carbonyl (C=O) groups excluding carboxylic acids is 2. The van der Waals surface area contributed by atoms with Gasteiger partial charge in [-0.15, -0.1) is 11.3 Å². The first kappa shape index (κ1) is 31.4. The van der Waals surface area contributed by atoms with E-state index in [1.807, 2.05) is 0 Å². The molecule has 0 radical (unpaired) electrons. The van der Waals surface area contributed by atoms with Crippen LogP contribution in [0.2, 0.25) is 0 Å². The van der Waals surface area contributed by atoms with Crippen molar-refractivity contribution in [3.8, 4) is 0 Å². The number of Topliss-reactive ketones (excluding diaryl/α,β-unsaturated/α-hetero) is 1. The number of nitrogens with one attached hydrogen (secondary N) is 1. The van der Waals surface area contributed by atoms with Crippen molar-refractivity contribution in [3.63, 3.8) is 0 Å². The summed E-state index contributed by atoms with van der Waals surface area (Å²) >= 11 is 1.21. The van der Waals surface area contributed by atoms with Crippen LogP contribution in [-0.2, 0) is 20.9 Å². The number of carbonyl (C=O) groups is 2. The first-order valence-corrected chi connectivity index (χ1v) is 13.8. The van der Waals surface area contributed by atoms with Crippen molar-refractivity contribution in [2.75, 3.05) is 0 Å². The zero-order valence-electron chi connectivity index (χ0n) is 22.7. The van der Waals surface area contributed by atoms with E-state index in [9.17, 15) is 38.1 Å². The predicted molar refractivity (Wildman–Crippen MR) is 139 cm³/mol. The third-order valence-corrected chi connectivity index (χ3v) is 8.69. The molecular weight excluding hydrogens is 537 g/mol. The monoisotopic (exact) mass is 574 g/mol. The Labute approximate surface area is 230 Å². The predicted octanol–water partition coefficient (Wildman–Crippen LogP) is 3.55. The summed E-state index contributed by atoms with van der Waals surface area (Å²) in [6.45, 7) is 7.52. The van der Waals surface area contributed by atoms with Gasteiger partial charge >= 0.3 is 12.1 Å². The molecule has 1 aromatic rings. The topological polar surface area (TPSA) is 139 Å². The van der Waals surface area contributed by atoms with Crippen molar-refractivity contribution in [2.24, 2.45) is 17.3 Å². The second-order valence-electron chi connectivity index (χ2n) is 11.1. The molecule has 1 aromatic heterocycles. The lowest BCUT2D eigenvalue weighted by molar-refractivity contribution is -0.154. The standard InChI is InChI=1S/C27H37F3N2O6S/c1-13(8-17-12-39-21(11-33)31-17)19-7-6-16(27(28,29)30)9-18-23(32-18)14(2)24(36)15(3)25(37)26(4,5)20(34)10-22(35)38-19/h6,8,12,14-15,18-20,23-24,32-34,36H,7,9-11H2,1-5H3/b13-8+,16-6+/t14-,15+,18?,19+,20-,23?,24-/m0/s1. The van der Waals surface area contributed by atoms with Crippen LogP contribution in [-0.4, -0.2) is 68.6 Å². The van der Waals surface area contributed by atoms with E-state index >= 15 is 0 Å². The van der Waals surface area contributed by atoms with Crippen molar-refractivity contribution in [2.45, 2.75) is 97.1 Å². The zero-order valence-corrected chi connectivity index (χ0v) is 23.5. The molecule has 0 saturated carbocycles. The Morgan fingerprint density at radius 1 is 1.26 bits per heavy atom. The largest absolute Gasteiger partial charge is 0.457 e. The minimum atomic E-state index is -4.62. The maximum absolute atomic E-state index is 14.0. The number of nitrogens with zero attached hydrogens (tertiary/aromatic N) is 1. The number of halogens is 3. The minimum Gasteiger partial charge on any atom is -0.457 e. The van der Waals surface area contributed by atoms with Crippen molar-refractivity contribution in [3.05, 3.63) is 33.3 Å². The van der Waals surface area contributed by atoms with Crippen LogP contribution in [0.15, 0.2) is 22.6 Å². The van der Waals surface area contributed by atoms with Gasteiger partial charge in [0, 0.05) is 35.4 Å². The molecule has 0 bridgehead atoms. The van der Waals surface area contributed by atoms with Gasteiger partial charge in [0.1, 0.15) is 16.9 Å². The van der Waals surface area contributed by atoms with Crippen molar-refractivity contribution in [1.29, 1.82) is 0 Å². The van der Waals surface area contributed by atoms with Crippen molar-refractivity contribution >= 4 is 29.2 Å². The summed E-state index contributed by atoms with van der Waals surface area (Å²) in [4.78, 5) is 30.3. The fourth-order valence-corrected chi connectivity index (χ4v) is 5.62. The molecule has 8 nitrogen and oxygen atoms in total. The Hall–Kier alpha value is -2.12. The van der Waals surface area contributed by atoms with Gasteiger partial charge in [-0.25, -0.2) is 4.98 Å². The molecule has 2 aliphatic heterocycles. The summed E-state index contributed by atoms with van der Waals surface area (Å²) in [6.07, 6.45) is -6.89. The van der Waals surface area contributed by atoms with Crippen LogP contribution in [0.1, 0.15) is 64.6 Å². The van der Waals surface area contributed by atoms with Crippen LogP contribution < -0.4 is 5.32 Å². The minimum absolute atomic E-state index is 0.259. The number of aliphatic hydroxyl groups excluding tert-OH is 3. The van der Waals surface area contributed by atoms with Crippen LogP contribution in [0, 0.1) is 17.3 Å². The number of hydrogen-bond acceptors (Lipinski definition) is 9. The van der Waals surface area contributed by atoms with Gasteiger partial charge in [0.2, 0.25) is 0 Å². The summed E-state index contributed by atoms with van der Waals surface area (Å²) < 4.78 is 47.4. The molecule has 2 unspecified atom stereocenters. The Balaban J connectivity index is 1.98. The molecule has 1 saturated heterocycles. The Morgan fingerprint density at radius 3 is 2.51 bits per heavy atom. The molecule has 4 N–H and O–H groups in total. The molecule has 39 heavy (non-hydrogen) atoms. The summed E-state index contributed by atoms with van der Waals surface area (Å²) in [6, 6.07) is -0.955. The van der Waals surface area contributed by atoms with Crippen LogP contribution in [0.25, 0.3) is 6.08 Å². The number of cyclic esters (lactones) is 1. The van der Waals surface area contributed by atoms with E-state index in [0.717, 1.165) is 6.08 Å². The molecule has 7 atom stereocenters. The lowest BCUT2D eigenvalue weighted by Gasteiger charge is -2.34. The molecule has 0 aliphatic carbocycles. The summed E-state index contributed by atoms with van der Waals surface area (Å²) in [5, 5.41) is 36.1. The average Bonchev–Trinajstić information content (AvgIpc) is 3.49. The maximum atomic E-state index is 14.0. The molecule has 1 fully saturated rings. The van der Waals surface area contributed by atoms with Gasteiger partial charge in [0.05, 0.1) is 36.3 Å². The third kappa shape index (κ3) is 7.55. The molecule has 3 heterocycles. The molecule has 218 valence electrons. The second-order valence-corrected chi connectivity index (χ2v) is 12.0. The first-order chi connectivity index (χ1) is 18.1. The van der Waals surface area contributed by atoms with Crippen LogP contribution in [0.4, 0.5) is 13.2 Å². The molecule has 3 rings (SSSR count). The fourth-order valence-electron chi connectivity index (χ4n) is 5.01. The number of aliphatic hydroxyl groups is 3. The van der Waals surface area contributed by atoms with E-state index in [1.165, 1.54) is 32.1 Å². The van der Waals surface area contributed by atoms with Crippen molar-refractivity contribution in [1.82, 2.24) is 10.3 Å². The number of hydrogen-bond donors (Lipinski definition) is 4. The highest BCUT2D eigenvalue weighted by atomic mass is 32.1. The quantitative estimate of drug-likeness (QED) is 0.244. The van der Waals surface area contributed by atoms with Crippen molar-refractivity contribution < 1.29 is 42.8 Å². The number of ether oxygens (including phenoxy) is 1. The SMILES string of the molecule is C/C(=C\c1csc(CO)n1)[C@H]1C/C=C(/C(F)(F)F)CC2NC2[C@H](C)[C@H](O)[C@@H](C)C(=O)C(C)(C)[C@@H](O)CC(=O)O1. The van der Waals surface area contributed by atoms with E-state index in [2.05, 4.69) is 10.3 Å². The van der Waals surface area contributed by atoms with E-state index < -0.39 is 77.6 Å². The number of esters is 1. The highest BCUT2D eigenvalue weighted by molar-refractivity contribution is 7.09. The molecule has 0 aromatic carbocycles. The van der Waals surface area contributed by atoms with Gasteiger partial charge in [0.15, 0.2) is 0 Å². The lowest BCUT2D eigenvalue weighted by atomic mass is 9.73. The Morgan fingerprint density at radius 2 is 1.92 bits per heavy atom. The number of thiazole rings is 1. The summed E-state index contributed by atoms with van der Waals surface area (Å²) in [5.41, 5.74) is -1.29. The van der Waals surface area contributed by atoms with Crippen LogP contribution in [0.5, 0.6) is 0 Å². The van der Waals surface area contributed by atoms with E-state index in [-0.39, 0.29) is 19.4 Å². The number of alkyl halides is 3. The molecule has 2 aliphatic rings. The fraction of sp³-hybridized carbons (Fsp3) is 0.667. The molecule has 0 spiro atoms. The van der Waals surface area contributed by atoms with E-state index in [1.54, 1.807) is 25.3 Å². The second kappa shape index (κ2) is 12.2. The Kier molecular flexibility index (Phi) is 9.80. The average molecular weight is 575 g/mol. The smallest absolute Gasteiger partial charge is 0.412 e. The summed E-state index contributed by atoms with van der Waals surface area (Å²) in [5.74, 6) is -2.78.